The zero-order chi connectivity index (χ0) is 14.4. The average molecular weight is 355 g/mol. The number of hydrogen-bond donors (Lipinski definition) is 1. The lowest BCUT2D eigenvalue weighted by Gasteiger charge is -2.20. The molecular formula is C15H19BrN2OS. The minimum atomic E-state index is 0.241. The van der Waals surface area contributed by atoms with E-state index >= 15 is 0 Å². The highest BCUT2D eigenvalue weighted by atomic mass is 79.9. The quantitative estimate of drug-likeness (QED) is 0.808. The normalized spacial score (nSPS) is 12.3. The second kappa shape index (κ2) is 7.76. The molecule has 0 amide bonds. The van der Waals surface area contributed by atoms with Crippen molar-refractivity contribution in [1.29, 1.82) is 0 Å². The van der Waals surface area contributed by atoms with Crippen molar-refractivity contribution in [2.24, 2.45) is 0 Å². The first-order valence-electron chi connectivity index (χ1n) is 6.69. The van der Waals surface area contributed by atoms with E-state index in [9.17, 15) is 0 Å². The highest BCUT2D eigenvalue weighted by Crippen LogP contribution is 2.30. The lowest BCUT2D eigenvalue weighted by Crippen LogP contribution is -2.24. The first kappa shape index (κ1) is 15.5. The molecule has 0 aliphatic rings. The van der Waals surface area contributed by atoms with E-state index in [0.29, 0.717) is 0 Å². The number of nitrogens with zero attached hydrogens (tertiary/aromatic N) is 1. The fraction of sp³-hybridized carbons (Fsp3) is 0.400. The minimum Gasteiger partial charge on any atom is -0.497 e. The van der Waals surface area contributed by atoms with Crippen LogP contribution < -0.4 is 10.1 Å². The summed E-state index contributed by atoms with van der Waals surface area (Å²) in [5.41, 5.74) is 1.22. The number of rotatable bonds is 7. The summed E-state index contributed by atoms with van der Waals surface area (Å²) < 4.78 is 6.44. The average Bonchev–Trinajstić information content (AvgIpc) is 2.97. The zero-order valence-electron chi connectivity index (χ0n) is 11.7. The van der Waals surface area contributed by atoms with E-state index in [4.69, 9.17) is 4.74 Å². The largest absolute Gasteiger partial charge is 0.497 e. The third kappa shape index (κ3) is 4.04. The molecule has 0 spiro atoms. The van der Waals surface area contributed by atoms with Gasteiger partial charge in [0, 0.05) is 28.5 Å². The number of thiazole rings is 1. The van der Waals surface area contributed by atoms with Gasteiger partial charge in [0.25, 0.3) is 0 Å². The van der Waals surface area contributed by atoms with E-state index in [0.717, 1.165) is 34.6 Å². The van der Waals surface area contributed by atoms with Crippen LogP contribution in [0.1, 0.15) is 30.0 Å². The first-order chi connectivity index (χ1) is 9.74. The van der Waals surface area contributed by atoms with Crippen LogP contribution in [0.15, 0.2) is 34.2 Å². The highest BCUT2D eigenvalue weighted by Gasteiger charge is 2.16. The molecule has 0 aliphatic carbocycles. The van der Waals surface area contributed by atoms with E-state index < -0.39 is 0 Å². The van der Waals surface area contributed by atoms with Crippen LogP contribution in [0.25, 0.3) is 0 Å². The Hall–Kier alpha value is -0.910. The summed E-state index contributed by atoms with van der Waals surface area (Å²) in [6.45, 7) is 3.16. The second-order valence-corrected chi connectivity index (χ2v) is 6.36. The maximum absolute atomic E-state index is 5.34. The van der Waals surface area contributed by atoms with Gasteiger partial charge in [-0.1, -0.05) is 22.9 Å². The first-order valence-corrected chi connectivity index (χ1v) is 8.37. The Morgan fingerprint density at radius 3 is 2.95 bits per heavy atom. The molecule has 1 aromatic heterocycles. The lowest BCUT2D eigenvalue weighted by molar-refractivity contribution is 0.412. The van der Waals surface area contributed by atoms with Crippen LogP contribution >= 0.6 is 27.3 Å². The molecule has 108 valence electrons. The van der Waals surface area contributed by atoms with Crippen molar-refractivity contribution >= 4 is 27.3 Å². The standard InChI is InChI=1S/C15H19BrN2OS/c1-3-6-17-14(10-15-18-7-8-20-15)12-9-11(19-2)4-5-13(12)16/h4-5,7-9,14,17H,3,6,10H2,1-2H3. The summed E-state index contributed by atoms with van der Waals surface area (Å²) in [6, 6.07) is 6.33. The fourth-order valence-corrected chi connectivity index (χ4v) is 3.24. The van der Waals surface area contributed by atoms with Crippen molar-refractivity contribution in [2.75, 3.05) is 13.7 Å². The van der Waals surface area contributed by atoms with Gasteiger partial charge in [-0.05, 0) is 36.7 Å². The van der Waals surface area contributed by atoms with Gasteiger partial charge in [-0.2, -0.15) is 0 Å². The molecule has 0 aliphatic heterocycles. The van der Waals surface area contributed by atoms with Crippen molar-refractivity contribution in [3.8, 4) is 5.75 Å². The molecule has 0 radical (unpaired) electrons. The van der Waals surface area contributed by atoms with Gasteiger partial charge in [-0.25, -0.2) is 4.98 Å². The van der Waals surface area contributed by atoms with Gasteiger partial charge < -0.3 is 10.1 Å². The summed E-state index contributed by atoms with van der Waals surface area (Å²) in [7, 11) is 1.70. The third-order valence-electron chi connectivity index (χ3n) is 3.08. The van der Waals surface area contributed by atoms with Crippen molar-refractivity contribution in [2.45, 2.75) is 25.8 Å². The Morgan fingerprint density at radius 1 is 1.45 bits per heavy atom. The van der Waals surface area contributed by atoms with Crippen molar-refractivity contribution < 1.29 is 4.74 Å². The molecule has 1 N–H and O–H groups in total. The molecule has 20 heavy (non-hydrogen) atoms. The molecule has 5 heteroatoms. The summed E-state index contributed by atoms with van der Waals surface area (Å²) in [5, 5.41) is 6.76. The van der Waals surface area contributed by atoms with E-state index in [1.807, 2.05) is 23.7 Å². The number of benzene rings is 1. The van der Waals surface area contributed by atoms with Gasteiger partial charge in [-0.3, -0.25) is 0 Å². The van der Waals surface area contributed by atoms with E-state index in [1.54, 1.807) is 18.4 Å². The van der Waals surface area contributed by atoms with Crippen LogP contribution in [0.5, 0.6) is 5.75 Å². The van der Waals surface area contributed by atoms with Crippen LogP contribution in [0.2, 0.25) is 0 Å². The third-order valence-corrected chi connectivity index (χ3v) is 4.61. The highest BCUT2D eigenvalue weighted by molar-refractivity contribution is 9.10. The SMILES string of the molecule is CCCNC(Cc1nccs1)c1cc(OC)ccc1Br. The van der Waals surface area contributed by atoms with Crippen molar-refractivity contribution in [3.05, 3.63) is 44.8 Å². The minimum absolute atomic E-state index is 0.241. The summed E-state index contributed by atoms with van der Waals surface area (Å²) in [4.78, 5) is 4.39. The van der Waals surface area contributed by atoms with E-state index in [1.165, 1.54) is 5.56 Å². The number of methoxy groups -OCH3 is 1. The smallest absolute Gasteiger partial charge is 0.119 e. The zero-order valence-corrected chi connectivity index (χ0v) is 14.1. The Morgan fingerprint density at radius 2 is 2.30 bits per heavy atom. The molecule has 0 bridgehead atoms. The van der Waals surface area contributed by atoms with Crippen LogP contribution in [-0.2, 0) is 6.42 Å². The van der Waals surface area contributed by atoms with Crippen molar-refractivity contribution in [1.82, 2.24) is 10.3 Å². The van der Waals surface area contributed by atoms with Crippen LogP contribution in [0.4, 0.5) is 0 Å². The Labute approximate surface area is 132 Å². The lowest BCUT2D eigenvalue weighted by atomic mass is 10.0. The number of nitrogens with one attached hydrogen (secondary N) is 1. The van der Waals surface area contributed by atoms with E-state index in [-0.39, 0.29) is 6.04 Å². The van der Waals surface area contributed by atoms with Gasteiger partial charge >= 0.3 is 0 Å². The maximum Gasteiger partial charge on any atom is 0.119 e. The molecule has 0 saturated heterocycles. The molecule has 0 saturated carbocycles. The molecule has 1 unspecified atom stereocenters. The number of aromatic nitrogens is 1. The van der Waals surface area contributed by atoms with E-state index in [2.05, 4.69) is 39.2 Å². The fourth-order valence-electron chi connectivity index (χ4n) is 2.05. The predicted molar refractivity (Wildman–Crippen MR) is 87.5 cm³/mol. The number of ether oxygens (including phenoxy) is 1. The van der Waals surface area contributed by atoms with Gasteiger partial charge in [-0.15, -0.1) is 11.3 Å². The maximum atomic E-state index is 5.34. The second-order valence-electron chi connectivity index (χ2n) is 4.52. The molecule has 3 nitrogen and oxygen atoms in total. The van der Waals surface area contributed by atoms with Gasteiger partial charge in [0.15, 0.2) is 0 Å². The Kier molecular flexibility index (Phi) is 6.01. The summed E-state index contributed by atoms with van der Waals surface area (Å²) in [5.74, 6) is 0.880. The summed E-state index contributed by atoms with van der Waals surface area (Å²) >= 11 is 5.34. The van der Waals surface area contributed by atoms with Gasteiger partial charge in [0.1, 0.15) is 5.75 Å². The monoisotopic (exact) mass is 354 g/mol. The Bertz CT molecular complexity index is 531. The molecule has 1 heterocycles. The Balaban J connectivity index is 2.24. The van der Waals surface area contributed by atoms with Crippen LogP contribution in [0, 0.1) is 0 Å². The summed E-state index contributed by atoms with van der Waals surface area (Å²) in [6.07, 6.45) is 3.86. The molecule has 2 aromatic rings. The van der Waals surface area contributed by atoms with Crippen molar-refractivity contribution in [3.63, 3.8) is 0 Å². The molecule has 0 fully saturated rings. The molecular weight excluding hydrogens is 336 g/mol. The van der Waals surface area contributed by atoms with Gasteiger partial charge in [0.05, 0.1) is 12.1 Å². The molecule has 2 rings (SSSR count). The number of hydrogen-bond acceptors (Lipinski definition) is 4. The topological polar surface area (TPSA) is 34.2 Å². The molecule has 1 aromatic carbocycles. The predicted octanol–water partition coefficient (Wildman–Crippen LogP) is 4.20. The molecule has 1 atom stereocenters. The van der Waals surface area contributed by atoms with Crippen LogP contribution in [-0.4, -0.2) is 18.6 Å². The van der Waals surface area contributed by atoms with Gasteiger partial charge in [0.2, 0.25) is 0 Å². The number of halogens is 1. The van der Waals surface area contributed by atoms with Crippen LogP contribution in [0.3, 0.4) is 0 Å².